The second-order valence-electron chi connectivity index (χ2n) is 4.11. The molecule has 0 atom stereocenters. The van der Waals surface area contributed by atoms with Crippen LogP contribution < -0.4 is 10.5 Å². The minimum absolute atomic E-state index is 0.0237. The van der Waals surface area contributed by atoms with Gasteiger partial charge in [0.1, 0.15) is 11.3 Å². The van der Waals surface area contributed by atoms with E-state index in [1.165, 1.54) is 0 Å². The van der Waals surface area contributed by atoms with Gasteiger partial charge in [0.25, 0.3) is 0 Å². The number of hydrogen-bond donors (Lipinski definition) is 2. The number of benzene rings is 2. The van der Waals surface area contributed by atoms with Crippen molar-refractivity contribution in [2.45, 2.75) is 6.42 Å². The van der Waals surface area contributed by atoms with E-state index in [-0.39, 0.29) is 11.3 Å². The molecule has 19 heavy (non-hydrogen) atoms. The largest absolute Gasteiger partial charge is 0.492 e. The van der Waals surface area contributed by atoms with Crippen molar-refractivity contribution in [3.63, 3.8) is 0 Å². The SMILES string of the molecule is Nc1cccc(OCCc2ccccc2)c1C(=O)O. The zero-order valence-electron chi connectivity index (χ0n) is 10.4. The van der Waals surface area contributed by atoms with Gasteiger partial charge in [-0.1, -0.05) is 36.4 Å². The predicted octanol–water partition coefficient (Wildman–Crippen LogP) is 2.59. The molecule has 0 aromatic heterocycles. The highest BCUT2D eigenvalue weighted by molar-refractivity contribution is 5.96. The Morgan fingerprint density at radius 1 is 1.11 bits per heavy atom. The first-order valence-electron chi connectivity index (χ1n) is 5.97. The molecule has 0 spiro atoms. The summed E-state index contributed by atoms with van der Waals surface area (Å²) in [6, 6.07) is 14.7. The number of carboxylic acid groups (broad SMARTS) is 1. The lowest BCUT2D eigenvalue weighted by Crippen LogP contribution is -2.08. The first kappa shape index (κ1) is 13.0. The van der Waals surface area contributed by atoms with E-state index in [0.717, 1.165) is 5.56 Å². The lowest BCUT2D eigenvalue weighted by molar-refractivity contribution is 0.0693. The molecule has 0 bridgehead atoms. The van der Waals surface area contributed by atoms with E-state index < -0.39 is 5.97 Å². The third-order valence-corrected chi connectivity index (χ3v) is 2.76. The van der Waals surface area contributed by atoms with Crippen molar-refractivity contribution in [3.05, 3.63) is 59.7 Å². The minimum atomic E-state index is -1.08. The quantitative estimate of drug-likeness (QED) is 0.807. The summed E-state index contributed by atoms with van der Waals surface area (Å²) in [4.78, 5) is 11.1. The molecule has 0 fully saturated rings. The molecule has 0 radical (unpaired) electrons. The highest BCUT2D eigenvalue weighted by Gasteiger charge is 2.14. The average molecular weight is 257 g/mol. The van der Waals surface area contributed by atoms with Crippen molar-refractivity contribution in [1.82, 2.24) is 0 Å². The summed E-state index contributed by atoms with van der Waals surface area (Å²) in [6.45, 7) is 0.410. The monoisotopic (exact) mass is 257 g/mol. The van der Waals surface area contributed by atoms with Gasteiger partial charge < -0.3 is 15.6 Å². The maximum atomic E-state index is 11.1. The van der Waals surface area contributed by atoms with Crippen molar-refractivity contribution < 1.29 is 14.6 Å². The van der Waals surface area contributed by atoms with E-state index in [0.29, 0.717) is 18.8 Å². The summed E-state index contributed by atoms with van der Waals surface area (Å²) in [7, 11) is 0. The Morgan fingerprint density at radius 2 is 1.84 bits per heavy atom. The van der Waals surface area contributed by atoms with E-state index in [9.17, 15) is 4.79 Å². The van der Waals surface area contributed by atoms with Gasteiger partial charge in [-0.3, -0.25) is 0 Å². The van der Waals surface area contributed by atoms with Gasteiger partial charge in [0.05, 0.1) is 6.61 Å². The molecular formula is C15H15NO3. The Hall–Kier alpha value is -2.49. The molecule has 2 aromatic carbocycles. The van der Waals surface area contributed by atoms with Crippen molar-refractivity contribution in [1.29, 1.82) is 0 Å². The van der Waals surface area contributed by atoms with Crippen LogP contribution in [0.5, 0.6) is 5.75 Å². The molecule has 2 aromatic rings. The summed E-state index contributed by atoms with van der Waals surface area (Å²) in [6.07, 6.45) is 0.717. The van der Waals surface area contributed by atoms with Crippen molar-refractivity contribution in [2.75, 3.05) is 12.3 Å². The zero-order valence-corrected chi connectivity index (χ0v) is 10.4. The van der Waals surface area contributed by atoms with Gasteiger partial charge in [-0.05, 0) is 17.7 Å². The molecule has 0 aliphatic heterocycles. The highest BCUT2D eigenvalue weighted by Crippen LogP contribution is 2.24. The van der Waals surface area contributed by atoms with Crippen LogP contribution in [0.15, 0.2) is 48.5 Å². The second kappa shape index (κ2) is 5.91. The lowest BCUT2D eigenvalue weighted by atomic mass is 10.1. The summed E-state index contributed by atoms with van der Waals surface area (Å²) < 4.78 is 5.52. The lowest BCUT2D eigenvalue weighted by Gasteiger charge is -2.10. The number of nitrogens with two attached hydrogens (primary N) is 1. The summed E-state index contributed by atoms with van der Waals surface area (Å²) in [5.74, 6) is -0.767. The molecule has 0 heterocycles. The average Bonchev–Trinajstić information content (AvgIpc) is 2.39. The molecule has 4 heteroatoms. The molecule has 0 aliphatic carbocycles. The molecule has 3 N–H and O–H groups in total. The first-order chi connectivity index (χ1) is 9.18. The van der Waals surface area contributed by atoms with Gasteiger partial charge in [0.2, 0.25) is 0 Å². The molecule has 0 unspecified atom stereocenters. The summed E-state index contributed by atoms with van der Waals surface area (Å²) in [5.41, 5.74) is 7.02. The highest BCUT2D eigenvalue weighted by atomic mass is 16.5. The standard InChI is InChI=1S/C15H15NO3/c16-12-7-4-8-13(14(12)15(17)18)19-10-9-11-5-2-1-3-6-11/h1-8H,9-10,16H2,(H,17,18). The molecule has 0 aliphatic rings. The number of carboxylic acids is 1. The topological polar surface area (TPSA) is 72.5 Å². The van der Waals surface area contributed by atoms with Crippen LogP contribution in [0.3, 0.4) is 0 Å². The molecular weight excluding hydrogens is 242 g/mol. The zero-order chi connectivity index (χ0) is 13.7. The van der Waals surface area contributed by atoms with Crippen molar-refractivity contribution in [3.8, 4) is 5.75 Å². The minimum Gasteiger partial charge on any atom is -0.492 e. The number of aromatic carboxylic acids is 1. The Balaban J connectivity index is 2.04. The van der Waals surface area contributed by atoms with Crippen LogP contribution in [0.2, 0.25) is 0 Å². The van der Waals surface area contributed by atoms with Gasteiger partial charge >= 0.3 is 5.97 Å². The summed E-state index contributed by atoms with van der Waals surface area (Å²) in [5, 5.41) is 9.10. The van der Waals surface area contributed by atoms with Gasteiger partial charge in [-0.25, -0.2) is 4.79 Å². The third kappa shape index (κ3) is 3.25. The smallest absolute Gasteiger partial charge is 0.341 e. The van der Waals surface area contributed by atoms with Crippen LogP contribution in [0, 0.1) is 0 Å². The number of hydrogen-bond acceptors (Lipinski definition) is 3. The normalized spacial score (nSPS) is 10.1. The van der Waals surface area contributed by atoms with E-state index in [2.05, 4.69) is 0 Å². The number of rotatable bonds is 5. The molecule has 0 amide bonds. The number of anilines is 1. The third-order valence-electron chi connectivity index (χ3n) is 2.76. The van der Waals surface area contributed by atoms with Gasteiger partial charge in [-0.2, -0.15) is 0 Å². The Bertz CT molecular complexity index is 567. The predicted molar refractivity (Wildman–Crippen MR) is 73.5 cm³/mol. The van der Waals surface area contributed by atoms with E-state index in [4.69, 9.17) is 15.6 Å². The van der Waals surface area contributed by atoms with Crippen LogP contribution >= 0.6 is 0 Å². The Morgan fingerprint density at radius 3 is 2.53 bits per heavy atom. The van der Waals surface area contributed by atoms with Gasteiger partial charge in [-0.15, -0.1) is 0 Å². The van der Waals surface area contributed by atoms with Gasteiger partial charge in [0.15, 0.2) is 0 Å². The maximum absolute atomic E-state index is 11.1. The number of nitrogen functional groups attached to an aromatic ring is 1. The van der Waals surface area contributed by atoms with Crippen molar-refractivity contribution in [2.24, 2.45) is 0 Å². The molecule has 98 valence electrons. The van der Waals surface area contributed by atoms with Crippen LogP contribution in [0.4, 0.5) is 5.69 Å². The fourth-order valence-corrected chi connectivity index (χ4v) is 1.82. The second-order valence-corrected chi connectivity index (χ2v) is 4.11. The number of carbonyl (C=O) groups is 1. The fourth-order valence-electron chi connectivity index (χ4n) is 1.82. The van der Waals surface area contributed by atoms with Crippen LogP contribution in [0.25, 0.3) is 0 Å². The Labute approximate surface area is 111 Å². The molecule has 4 nitrogen and oxygen atoms in total. The van der Waals surface area contributed by atoms with E-state index >= 15 is 0 Å². The number of ether oxygens (including phenoxy) is 1. The first-order valence-corrected chi connectivity index (χ1v) is 5.97. The fraction of sp³-hybridized carbons (Fsp3) is 0.133. The van der Waals surface area contributed by atoms with Crippen LogP contribution in [0.1, 0.15) is 15.9 Å². The maximum Gasteiger partial charge on any atom is 0.341 e. The molecule has 0 saturated heterocycles. The van der Waals surface area contributed by atoms with Crippen molar-refractivity contribution >= 4 is 11.7 Å². The van der Waals surface area contributed by atoms with Crippen LogP contribution in [-0.2, 0) is 6.42 Å². The van der Waals surface area contributed by atoms with E-state index in [1.807, 2.05) is 30.3 Å². The molecule has 0 saturated carbocycles. The molecule has 2 rings (SSSR count). The Kier molecular flexibility index (Phi) is 4.03. The van der Waals surface area contributed by atoms with E-state index in [1.54, 1.807) is 18.2 Å². The summed E-state index contributed by atoms with van der Waals surface area (Å²) >= 11 is 0. The van der Waals surface area contributed by atoms with Gasteiger partial charge in [0, 0.05) is 12.1 Å². The van der Waals surface area contributed by atoms with Crippen LogP contribution in [-0.4, -0.2) is 17.7 Å².